The van der Waals surface area contributed by atoms with E-state index in [2.05, 4.69) is 6.92 Å². The van der Waals surface area contributed by atoms with Crippen molar-refractivity contribution in [3.05, 3.63) is 0 Å². The van der Waals surface area contributed by atoms with Crippen molar-refractivity contribution >= 4 is 0 Å². The highest BCUT2D eigenvalue weighted by atomic mass is 14.3. The topological polar surface area (TPSA) is 0 Å². The monoisotopic (exact) mass is 250 g/mol. The number of rotatable bonds is 2. The molecule has 2 rings (SSSR count). The zero-order valence-corrected chi connectivity index (χ0v) is 12.6. The van der Waals surface area contributed by atoms with Gasteiger partial charge in [-0.1, -0.05) is 90.4 Å². The Balaban J connectivity index is 1.71. The van der Waals surface area contributed by atoms with E-state index in [-0.39, 0.29) is 0 Å². The average molecular weight is 250 g/mol. The van der Waals surface area contributed by atoms with Gasteiger partial charge in [0.2, 0.25) is 0 Å². The summed E-state index contributed by atoms with van der Waals surface area (Å²) in [5.41, 5.74) is 0. The first-order valence-corrected chi connectivity index (χ1v) is 8.84. The molecule has 0 unspecified atom stereocenters. The summed E-state index contributed by atoms with van der Waals surface area (Å²) in [6, 6.07) is 0. The predicted octanol–water partition coefficient (Wildman–Crippen LogP) is 6.34. The molecule has 0 atom stereocenters. The van der Waals surface area contributed by atoms with Gasteiger partial charge in [0.25, 0.3) is 0 Å². The van der Waals surface area contributed by atoms with Crippen molar-refractivity contribution in [2.45, 2.75) is 96.8 Å². The van der Waals surface area contributed by atoms with Crippen LogP contribution in [0.1, 0.15) is 96.8 Å². The van der Waals surface area contributed by atoms with E-state index in [9.17, 15) is 0 Å². The maximum absolute atomic E-state index is 2.44. The van der Waals surface area contributed by atoms with E-state index < -0.39 is 0 Å². The van der Waals surface area contributed by atoms with Crippen molar-refractivity contribution in [2.24, 2.45) is 17.8 Å². The molecule has 2 aliphatic carbocycles. The molecule has 2 fully saturated rings. The number of hydrogen-bond donors (Lipinski definition) is 0. The zero-order valence-electron chi connectivity index (χ0n) is 12.6. The molecule has 0 radical (unpaired) electrons. The largest absolute Gasteiger partial charge is 0.0625 e. The van der Waals surface area contributed by atoms with Crippen molar-refractivity contribution in [3.8, 4) is 0 Å². The highest BCUT2D eigenvalue weighted by Gasteiger charge is 2.21. The Morgan fingerprint density at radius 3 is 1.56 bits per heavy atom. The molecule has 0 aromatic carbocycles. The molecule has 0 amide bonds. The molecule has 0 nitrogen and oxygen atoms in total. The Hall–Kier alpha value is 0. The first-order chi connectivity index (χ1) is 8.84. The Kier molecular flexibility index (Phi) is 6.59. The second-order valence-electron chi connectivity index (χ2n) is 7.28. The summed E-state index contributed by atoms with van der Waals surface area (Å²) in [5, 5.41) is 0. The molecule has 2 saturated carbocycles. The van der Waals surface area contributed by atoms with Crippen molar-refractivity contribution in [2.75, 3.05) is 0 Å². The van der Waals surface area contributed by atoms with Gasteiger partial charge in [0.05, 0.1) is 0 Å². The van der Waals surface area contributed by atoms with E-state index in [1.165, 1.54) is 70.6 Å². The van der Waals surface area contributed by atoms with Crippen molar-refractivity contribution in [1.82, 2.24) is 0 Å². The second kappa shape index (κ2) is 8.23. The van der Waals surface area contributed by atoms with Crippen LogP contribution in [0.15, 0.2) is 0 Å². The van der Waals surface area contributed by atoms with E-state index in [0.29, 0.717) is 0 Å². The van der Waals surface area contributed by atoms with Gasteiger partial charge in [-0.15, -0.1) is 0 Å². The first kappa shape index (κ1) is 14.4. The summed E-state index contributed by atoms with van der Waals surface area (Å²) in [7, 11) is 0. The summed E-state index contributed by atoms with van der Waals surface area (Å²) >= 11 is 0. The van der Waals surface area contributed by atoms with Crippen molar-refractivity contribution in [1.29, 1.82) is 0 Å². The fourth-order valence-corrected chi connectivity index (χ4v) is 4.17. The quantitative estimate of drug-likeness (QED) is 0.536. The van der Waals surface area contributed by atoms with E-state index in [1.54, 1.807) is 19.3 Å². The SMILES string of the molecule is CC1CCC(CC2CCCCCCCCC2)CC1. The highest BCUT2D eigenvalue weighted by Crippen LogP contribution is 2.35. The third-order valence-electron chi connectivity index (χ3n) is 5.53. The van der Waals surface area contributed by atoms with E-state index in [0.717, 1.165) is 17.8 Å². The van der Waals surface area contributed by atoms with E-state index in [1.807, 2.05) is 0 Å². The molecule has 0 heteroatoms. The van der Waals surface area contributed by atoms with Crippen LogP contribution in [0, 0.1) is 17.8 Å². The third kappa shape index (κ3) is 5.33. The Morgan fingerprint density at radius 1 is 0.556 bits per heavy atom. The lowest BCUT2D eigenvalue weighted by molar-refractivity contribution is 0.228. The number of hydrogen-bond acceptors (Lipinski definition) is 0. The summed E-state index contributed by atoms with van der Waals surface area (Å²) < 4.78 is 0. The molecular weight excluding hydrogens is 216 g/mol. The standard InChI is InChI=1S/C18H34/c1-16-11-13-18(14-12-16)15-17-9-7-5-3-2-4-6-8-10-17/h16-18H,2-15H2,1H3. The maximum Gasteiger partial charge on any atom is -0.0411 e. The highest BCUT2D eigenvalue weighted by molar-refractivity contribution is 4.74. The lowest BCUT2D eigenvalue weighted by Crippen LogP contribution is -2.16. The summed E-state index contributed by atoms with van der Waals surface area (Å²) in [6.45, 7) is 2.44. The van der Waals surface area contributed by atoms with Crippen LogP contribution in [-0.4, -0.2) is 0 Å². The smallest absolute Gasteiger partial charge is 0.0411 e. The summed E-state index contributed by atoms with van der Waals surface area (Å²) in [5.74, 6) is 3.20. The van der Waals surface area contributed by atoms with Gasteiger partial charge in [-0.3, -0.25) is 0 Å². The van der Waals surface area contributed by atoms with Gasteiger partial charge in [0, 0.05) is 0 Å². The van der Waals surface area contributed by atoms with Gasteiger partial charge in [0.15, 0.2) is 0 Å². The van der Waals surface area contributed by atoms with Crippen molar-refractivity contribution < 1.29 is 0 Å². The molecule has 2 aliphatic rings. The van der Waals surface area contributed by atoms with Gasteiger partial charge >= 0.3 is 0 Å². The van der Waals surface area contributed by atoms with Crippen LogP contribution in [0.5, 0.6) is 0 Å². The van der Waals surface area contributed by atoms with Crippen LogP contribution in [0.4, 0.5) is 0 Å². The second-order valence-corrected chi connectivity index (χ2v) is 7.28. The van der Waals surface area contributed by atoms with Crippen LogP contribution in [-0.2, 0) is 0 Å². The van der Waals surface area contributed by atoms with Gasteiger partial charge in [-0.2, -0.15) is 0 Å². The van der Waals surface area contributed by atoms with Gasteiger partial charge in [0.1, 0.15) is 0 Å². The predicted molar refractivity (Wildman–Crippen MR) is 80.8 cm³/mol. The Labute approximate surface area is 115 Å². The fourth-order valence-electron chi connectivity index (χ4n) is 4.17. The zero-order chi connectivity index (χ0) is 12.6. The molecule has 0 aromatic heterocycles. The molecule has 106 valence electrons. The normalized spacial score (nSPS) is 33.2. The third-order valence-corrected chi connectivity index (χ3v) is 5.53. The molecule has 0 N–H and O–H groups in total. The Morgan fingerprint density at radius 2 is 1.00 bits per heavy atom. The van der Waals surface area contributed by atoms with Gasteiger partial charge < -0.3 is 0 Å². The van der Waals surface area contributed by atoms with Crippen LogP contribution in [0.25, 0.3) is 0 Å². The lowest BCUT2D eigenvalue weighted by Gasteiger charge is -2.29. The molecule has 0 heterocycles. The molecule has 0 aliphatic heterocycles. The van der Waals surface area contributed by atoms with Gasteiger partial charge in [-0.25, -0.2) is 0 Å². The summed E-state index contributed by atoms with van der Waals surface area (Å²) in [6.07, 6.45) is 21.4. The molecule has 0 bridgehead atoms. The van der Waals surface area contributed by atoms with Crippen LogP contribution in [0.2, 0.25) is 0 Å². The van der Waals surface area contributed by atoms with Gasteiger partial charge in [-0.05, 0) is 24.2 Å². The van der Waals surface area contributed by atoms with Crippen molar-refractivity contribution in [3.63, 3.8) is 0 Å². The molecule has 0 spiro atoms. The molecular formula is C18H34. The van der Waals surface area contributed by atoms with E-state index in [4.69, 9.17) is 0 Å². The molecule has 18 heavy (non-hydrogen) atoms. The van der Waals surface area contributed by atoms with Crippen LogP contribution >= 0.6 is 0 Å². The fraction of sp³-hybridized carbons (Fsp3) is 1.00. The molecule has 0 aromatic rings. The maximum atomic E-state index is 2.44. The first-order valence-electron chi connectivity index (χ1n) is 8.84. The molecule has 0 saturated heterocycles. The Bertz CT molecular complexity index is 190. The lowest BCUT2D eigenvalue weighted by atomic mass is 9.76. The minimum atomic E-state index is 1.02. The van der Waals surface area contributed by atoms with E-state index >= 15 is 0 Å². The summed E-state index contributed by atoms with van der Waals surface area (Å²) in [4.78, 5) is 0. The minimum absolute atomic E-state index is 1.02. The minimum Gasteiger partial charge on any atom is -0.0625 e. The van der Waals surface area contributed by atoms with Crippen LogP contribution < -0.4 is 0 Å². The van der Waals surface area contributed by atoms with Crippen LogP contribution in [0.3, 0.4) is 0 Å². The average Bonchev–Trinajstić information content (AvgIpc) is 2.40.